The van der Waals surface area contributed by atoms with Crippen LogP contribution < -0.4 is 0 Å². The third-order valence-electron chi connectivity index (χ3n) is 1.67. The molecule has 0 amide bonds. The molecule has 1 aliphatic heterocycles. The maximum absolute atomic E-state index is 12.4. The Balaban J connectivity index is 2.35. The summed E-state index contributed by atoms with van der Waals surface area (Å²) in [5.74, 6) is -5.83. The molecule has 0 unspecified atom stereocenters. The standard InChI is InChI=1S/C6H9F2NO3/c7-6(8,5(11)12)3-9-1-4(10)2-9/h4,10H,1-3H2,(H,11,12). The van der Waals surface area contributed by atoms with Crippen molar-refractivity contribution in [2.45, 2.75) is 12.0 Å². The molecule has 2 N–H and O–H groups in total. The van der Waals surface area contributed by atoms with Gasteiger partial charge in [0.1, 0.15) is 0 Å². The van der Waals surface area contributed by atoms with E-state index in [1.165, 1.54) is 4.90 Å². The van der Waals surface area contributed by atoms with Gasteiger partial charge in [0.15, 0.2) is 0 Å². The van der Waals surface area contributed by atoms with Gasteiger partial charge in [-0.2, -0.15) is 8.78 Å². The van der Waals surface area contributed by atoms with Gasteiger partial charge in [0.25, 0.3) is 0 Å². The van der Waals surface area contributed by atoms with Gasteiger partial charge in [0.05, 0.1) is 12.6 Å². The Morgan fingerprint density at radius 2 is 2.08 bits per heavy atom. The Morgan fingerprint density at radius 3 is 2.42 bits per heavy atom. The van der Waals surface area contributed by atoms with E-state index in [0.29, 0.717) is 0 Å². The van der Waals surface area contributed by atoms with Gasteiger partial charge >= 0.3 is 11.9 Å². The quantitative estimate of drug-likeness (QED) is 0.609. The SMILES string of the molecule is O=C(O)C(F)(F)CN1CC(O)C1. The minimum Gasteiger partial charge on any atom is -0.477 e. The highest BCUT2D eigenvalue weighted by molar-refractivity contribution is 5.75. The number of rotatable bonds is 3. The van der Waals surface area contributed by atoms with Crippen molar-refractivity contribution in [1.82, 2.24) is 4.90 Å². The Bertz CT molecular complexity index is 191. The molecule has 0 spiro atoms. The maximum Gasteiger partial charge on any atom is 0.375 e. The van der Waals surface area contributed by atoms with Gasteiger partial charge < -0.3 is 10.2 Å². The smallest absolute Gasteiger partial charge is 0.375 e. The lowest BCUT2D eigenvalue weighted by atomic mass is 10.1. The van der Waals surface area contributed by atoms with Crippen molar-refractivity contribution in [1.29, 1.82) is 0 Å². The summed E-state index contributed by atoms with van der Waals surface area (Å²) in [6, 6.07) is 0. The van der Waals surface area contributed by atoms with Crippen molar-refractivity contribution in [2.24, 2.45) is 0 Å². The van der Waals surface area contributed by atoms with Crippen LogP contribution in [0.5, 0.6) is 0 Å². The van der Waals surface area contributed by atoms with Crippen molar-refractivity contribution in [3.8, 4) is 0 Å². The number of aliphatic carboxylic acids is 1. The summed E-state index contributed by atoms with van der Waals surface area (Å²) in [5.41, 5.74) is 0. The van der Waals surface area contributed by atoms with Crippen LogP contribution in [0.15, 0.2) is 0 Å². The van der Waals surface area contributed by atoms with Crippen molar-refractivity contribution >= 4 is 5.97 Å². The van der Waals surface area contributed by atoms with Crippen LogP contribution in [0.3, 0.4) is 0 Å². The van der Waals surface area contributed by atoms with Crippen LogP contribution in [0.1, 0.15) is 0 Å². The average Bonchev–Trinajstić information content (AvgIpc) is 1.83. The summed E-state index contributed by atoms with van der Waals surface area (Å²) in [6.45, 7) is -0.564. The van der Waals surface area contributed by atoms with Crippen molar-refractivity contribution in [3.63, 3.8) is 0 Å². The summed E-state index contributed by atoms with van der Waals surface area (Å²) in [7, 11) is 0. The number of alkyl halides is 2. The number of carboxylic acids is 1. The Kier molecular flexibility index (Phi) is 2.29. The fraction of sp³-hybridized carbons (Fsp3) is 0.833. The van der Waals surface area contributed by atoms with Crippen LogP contribution in [0.4, 0.5) is 8.78 Å². The molecule has 1 aliphatic rings. The Labute approximate surface area is 67.4 Å². The van der Waals surface area contributed by atoms with E-state index < -0.39 is 24.5 Å². The first-order valence-electron chi connectivity index (χ1n) is 3.43. The highest BCUT2D eigenvalue weighted by Crippen LogP contribution is 2.19. The lowest BCUT2D eigenvalue weighted by Crippen LogP contribution is -2.56. The lowest BCUT2D eigenvalue weighted by molar-refractivity contribution is -0.171. The van der Waals surface area contributed by atoms with E-state index in [2.05, 4.69) is 0 Å². The van der Waals surface area contributed by atoms with Crippen LogP contribution in [-0.2, 0) is 4.79 Å². The minimum atomic E-state index is -3.71. The summed E-state index contributed by atoms with van der Waals surface area (Å²) >= 11 is 0. The zero-order valence-electron chi connectivity index (χ0n) is 6.20. The normalized spacial score (nSPS) is 20.6. The predicted molar refractivity (Wildman–Crippen MR) is 35.0 cm³/mol. The number of aliphatic hydroxyl groups excluding tert-OH is 1. The highest BCUT2D eigenvalue weighted by atomic mass is 19.3. The molecule has 0 aromatic heterocycles. The van der Waals surface area contributed by atoms with Crippen LogP contribution in [0.2, 0.25) is 0 Å². The van der Waals surface area contributed by atoms with Gasteiger partial charge in [-0.15, -0.1) is 0 Å². The van der Waals surface area contributed by atoms with Crippen molar-refractivity contribution < 1.29 is 23.8 Å². The number of hydrogen-bond acceptors (Lipinski definition) is 3. The topological polar surface area (TPSA) is 60.8 Å². The molecular weight excluding hydrogens is 172 g/mol. The van der Waals surface area contributed by atoms with E-state index in [-0.39, 0.29) is 13.1 Å². The van der Waals surface area contributed by atoms with E-state index in [0.717, 1.165) is 0 Å². The highest BCUT2D eigenvalue weighted by Gasteiger charge is 2.43. The fourth-order valence-corrected chi connectivity index (χ4v) is 1.02. The minimum absolute atomic E-state index is 0.128. The van der Waals surface area contributed by atoms with Crippen molar-refractivity contribution in [3.05, 3.63) is 0 Å². The van der Waals surface area contributed by atoms with Gasteiger partial charge in [0, 0.05) is 13.1 Å². The first kappa shape index (κ1) is 9.34. The number of halogens is 2. The Morgan fingerprint density at radius 1 is 1.58 bits per heavy atom. The predicted octanol–water partition coefficient (Wildman–Crippen LogP) is -0.617. The second-order valence-corrected chi connectivity index (χ2v) is 2.86. The number of aliphatic hydroxyl groups is 1. The van der Waals surface area contributed by atoms with E-state index in [9.17, 15) is 13.6 Å². The molecule has 4 nitrogen and oxygen atoms in total. The molecule has 0 saturated carbocycles. The lowest BCUT2D eigenvalue weighted by Gasteiger charge is -2.36. The van der Waals surface area contributed by atoms with Gasteiger partial charge in [-0.1, -0.05) is 0 Å². The van der Waals surface area contributed by atoms with Gasteiger partial charge in [-0.25, -0.2) is 4.79 Å². The number of carboxylic acid groups (broad SMARTS) is 1. The van der Waals surface area contributed by atoms with Crippen LogP contribution in [0.25, 0.3) is 0 Å². The molecule has 0 atom stereocenters. The first-order chi connectivity index (χ1) is 5.42. The molecule has 12 heavy (non-hydrogen) atoms. The number of β-amino-alcohol motifs (C(OH)–C–C–N with tert-alkyl or cyclic N) is 1. The summed E-state index contributed by atoms with van der Waals surface area (Å²) in [5, 5.41) is 16.8. The zero-order chi connectivity index (χ0) is 9.35. The molecule has 1 fully saturated rings. The third kappa shape index (κ3) is 1.89. The Hall–Kier alpha value is -0.750. The molecule has 1 heterocycles. The van der Waals surface area contributed by atoms with Crippen LogP contribution >= 0.6 is 0 Å². The van der Waals surface area contributed by atoms with E-state index in [1.807, 2.05) is 0 Å². The molecule has 1 rings (SSSR count). The van der Waals surface area contributed by atoms with Crippen LogP contribution in [0, 0.1) is 0 Å². The molecule has 0 bridgehead atoms. The third-order valence-corrected chi connectivity index (χ3v) is 1.67. The molecule has 70 valence electrons. The molecule has 1 saturated heterocycles. The number of hydrogen-bond donors (Lipinski definition) is 2. The molecule has 0 aromatic rings. The maximum atomic E-state index is 12.4. The molecule has 0 radical (unpaired) electrons. The number of likely N-dealkylation sites (tertiary alicyclic amines) is 1. The van der Waals surface area contributed by atoms with E-state index >= 15 is 0 Å². The van der Waals surface area contributed by atoms with E-state index in [4.69, 9.17) is 10.2 Å². The monoisotopic (exact) mass is 181 g/mol. The number of nitrogens with zero attached hydrogens (tertiary/aromatic N) is 1. The molecule has 0 aliphatic carbocycles. The number of carbonyl (C=O) groups is 1. The largest absolute Gasteiger partial charge is 0.477 e. The second-order valence-electron chi connectivity index (χ2n) is 2.86. The first-order valence-corrected chi connectivity index (χ1v) is 3.43. The average molecular weight is 181 g/mol. The zero-order valence-corrected chi connectivity index (χ0v) is 6.20. The summed E-state index contributed by atoms with van der Waals surface area (Å²) in [6.07, 6.45) is -0.588. The summed E-state index contributed by atoms with van der Waals surface area (Å²) in [4.78, 5) is 11.1. The molecular formula is C6H9F2NO3. The van der Waals surface area contributed by atoms with Crippen molar-refractivity contribution in [2.75, 3.05) is 19.6 Å². The summed E-state index contributed by atoms with van der Waals surface area (Å²) < 4.78 is 24.8. The molecule has 6 heteroatoms. The van der Waals surface area contributed by atoms with Crippen LogP contribution in [-0.4, -0.2) is 52.7 Å². The van der Waals surface area contributed by atoms with Gasteiger partial charge in [-0.05, 0) is 0 Å². The van der Waals surface area contributed by atoms with Gasteiger partial charge in [-0.3, -0.25) is 4.90 Å². The molecule has 0 aromatic carbocycles. The fourth-order valence-electron chi connectivity index (χ4n) is 1.02. The second kappa shape index (κ2) is 2.95. The van der Waals surface area contributed by atoms with E-state index in [1.54, 1.807) is 0 Å². The van der Waals surface area contributed by atoms with Gasteiger partial charge in [0.2, 0.25) is 0 Å².